The fourth-order valence-electron chi connectivity index (χ4n) is 1.62. The third-order valence-corrected chi connectivity index (χ3v) is 2.82. The van der Waals surface area contributed by atoms with Gasteiger partial charge in [-0.15, -0.1) is 0 Å². The average molecular weight is 220 g/mol. The number of rotatable bonds is 3. The number of benzene rings is 1. The van der Waals surface area contributed by atoms with Crippen LogP contribution in [-0.4, -0.2) is 18.0 Å². The molecule has 16 heavy (non-hydrogen) atoms. The second kappa shape index (κ2) is 5.12. The monoisotopic (exact) mass is 220 g/mol. The second-order valence-corrected chi connectivity index (χ2v) is 4.49. The summed E-state index contributed by atoms with van der Waals surface area (Å²) in [4.78, 5) is 11.7. The average Bonchev–Trinajstić information content (AvgIpc) is 2.27. The van der Waals surface area contributed by atoms with E-state index in [2.05, 4.69) is 26.0 Å². The Kier molecular flexibility index (Phi) is 4.07. The Bertz CT molecular complexity index is 355. The normalized spacial score (nSPS) is 12.6. The topological polar surface area (TPSA) is 46.3 Å². The molecular formula is C13H20N2O. The minimum atomic E-state index is -0.184. The number of hydrogen-bond donors (Lipinski definition) is 1. The minimum Gasteiger partial charge on any atom is -0.283 e. The lowest BCUT2D eigenvalue weighted by Gasteiger charge is -2.17. The molecule has 1 unspecified atom stereocenters. The van der Waals surface area contributed by atoms with Crippen molar-refractivity contribution in [1.82, 2.24) is 5.01 Å². The third kappa shape index (κ3) is 2.83. The molecule has 0 saturated carbocycles. The quantitative estimate of drug-likeness (QED) is 0.482. The summed E-state index contributed by atoms with van der Waals surface area (Å²) in [5.74, 6) is 5.69. The molecule has 0 bridgehead atoms. The van der Waals surface area contributed by atoms with Crippen LogP contribution in [0, 0.1) is 0 Å². The molecule has 0 aliphatic carbocycles. The van der Waals surface area contributed by atoms with Gasteiger partial charge in [0, 0.05) is 7.05 Å². The first-order valence-electron chi connectivity index (χ1n) is 5.55. The highest BCUT2D eigenvalue weighted by Crippen LogP contribution is 2.20. The Hall–Kier alpha value is -1.35. The van der Waals surface area contributed by atoms with E-state index in [1.807, 2.05) is 19.1 Å². The van der Waals surface area contributed by atoms with Crippen LogP contribution < -0.4 is 5.84 Å². The van der Waals surface area contributed by atoms with Gasteiger partial charge in [0.2, 0.25) is 5.91 Å². The van der Waals surface area contributed by atoms with Gasteiger partial charge in [-0.05, 0) is 24.0 Å². The maximum atomic E-state index is 11.7. The Morgan fingerprint density at radius 2 is 1.56 bits per heavy atom. The van der Waals surface area contributed by atoms with E-state index in [1.54, 1.807) is 7.05 Å². The van der Waals surface area contributed by atoms with Crippen molar-refractivity contribution >= 4 is 5.91 Å². The van der Waals surface area contributed by atoms with Gasteiger partial charge in [0.15, 0.2) is 0 Å². The van der Waals surface area contributed by atoms with Gasteiger partial charge in [0.05, 0.1) is 5.92 Å². The highest BCUT2D eigenvalue weighted by Gasteiger charge is 2.17. The zero-order valence-electron chi connectivity index (χ0n) is 10.4. The lowest BCUT2D eigenvalue weighted by Crippen LogP contribution is -2.36. The van der Waals surface area contributed by atoms with E-state index in [9.17, 15) is 4.79 Å². The molecule has 0 saturated heterocycles. The highest BCUT2D eigenvalue weighted by molar-refractivity contribution is 5.82. The predicted octanol–water partition coefficient (Wildman–Crippen LogP) is 2.25. The molecule has 0 aromatic heterocycles. The van der Waals surface area contributed by atoms with E-state index in [0.29, 0.717) is 5.92 Å². The van der Waals surface area contributed by atoms with Crippen molar-refractivity contribution in [3.63, 3.8) is 0 Å². The summed E-state index contributed by atoms with van der Waals surface area (Å²) in [5, 5.41) is 1.14. The molecule has 0 radical (unpaired) electrons. The SMILES string of the molecule is CC(C)c1ccc(C(C)C(=O)N(C)N)cc1. The molecule has 0 spiro atoms. The number of hydrazine groups is 1. The van der Waals surface area contributed by atoms with Crippen molar-refractivity contribution in [2.24, 2.45) is 5.84 Å². The fraction of sp³-hybridized carbons (Fsp3) is 0.462. The molecule has 3 heteroatoms. The summed E-state index contributed by atoms with van der Waals surface area (Å²) in [6.07, 6.45) is 0. The lowest BCUT2D eigenvalue weighted by molar-refractivity contribution is -0.131. The predicted molar refractivity (Wildman–Crippen MR) is 65.9 cm³/mol. The van der Waals surface area contributed by atoms with Gasteiger partial charge in [-0.1, -0.05) is 38.1 Å². The summed E-state index contributed by atoms with van der Waals surface area (Å²) >= 11 is 0. The number of likely N-dealkylation sites (N-methyl/N-ethyl adjacent to an activating group) is 1. The van der Waals surface area contributed by atoms with E-state index in [-0.39, 0.29) is 11.8 Å². The maximum absolute atomic E-state index is 11.7. The van der Waals surface area contributed by atoms with Gasteiger partial charge in [-0.3, -0.25) is 9.80 Å². The number of carbonyl (C=O) groups is 1. The zero-order chi connectivity index (χ0) is 12.3. The molecule has 1 amide bonds. The lowest BCUT2D eigenvalue weighted by atomic mass is 9.96. The number of amides is 1. The summed E-state index contributed by atoms with van der Waals surface area (Å²) < 4.78 is 0. The van der Waals surface area contributed by atoms with Gasteiger partial charge >= 0.3 is 0 Å². The van der Waals surface area contributed by atoms with Crippen molar-refractivity contribution in [1.29, 1.82) is 0 Å². The molecule has 0 heterocycles. The zero-order valence-corrected chi connectivity index (χ0v) is 10.4. The molecule has 0 aliphatic heterocycles. The van der Waals surface area contributed by atoms with E-state index in [0.717, 1.165) is 10.6 Å². The largest absolute Gasteiger partial charge is 0.283 e. The minimum absolute atomic E-state index is 0.0719. The first-order valence-corrected chi connectivity index (χ1v) is 5.55. The molecule has 3 nitrogen and oxygen atoms in total. The van der Waals surface area contributed by atoms with Crippen LogP contribution >= 0.6 is 0 Å². The van der Waals surface area contributed by atoms with Crippen LogP contribution in [0.4, 0.5) is 0 Å². The summed E-state index contributed by atoms with van der Waals surface area (Å²) in [5.41, 5.74) is 2.29. The molecule has 0 fully saturated rings. The Balaban J connectivity index is 2.85. The van der Waals surface area contributed by atoms with Crippen LogP contribution in [0.3, 0.4) is 0 Å². The number of nitrogens with zero attached hydrogens (tertiary/aromatic N) is 1. The van der Waals surface area contributed by atoms with Crippen LogP contribution in [0.2, 0.25) is 0 Å². The van der Waals surface area contributed by atoms with Crippen LogP contribution in [0.5, 0.6) is 0 Å². The van der Waals surface area contributed by atoms with E-state index < -0.39 is 0 Å². The molecule has 1 aromatic carbocycles. The van der Waals surface area contributed by atoms with E-state index >= 15 is 0 Å². The molecule has 1 atom stereocenters. The summed E-state index contributed by atoms with van der Waals surface area (Å²) in [6, 6.07) is 8.14. The van der Waals surface area contributed by atoms with Gasteiger partial charge in [0.1, 0.15) is 0 Å². The summed E-state index contributed by atoms with van der Waals surface area (Å²) in [6.45, 7) is 6.17. The van der Waals surface area contributed by atoms with E-state index in [1.165, 1.54) is 5.56 Å². The fourth-order valence-corrected chi connectivity index (χ4v) is 1.62. The van der Waals surface area contributed by atoms with Gasteiger partial charge in [0.25, 0.3) is 0 Å². The third-order valence-electron chi connectivity index (χ3n) is 2.82. The molecule has 0 aliphatic rings. The van der Waals surface area contributed by atoms with Gasteiger partial charge in [-0.25, -0.2) is 5.84 Å². The van der Waals surface area contributed by atoms with Crippen molar-refractivity contribution in [2.45, 2.75) is 32.6 Å². The number of nitrogens with two attached hydrogens (primary N) is 1. The number of hydrogen-bond acceptors (Lipinski definition) is 2. The van der Waals surface area contributed by atoms with Crippen molar-refractivity contribution in [2.75, 3.05) is 7.05 Å². The van der Waals surface area contributed by atoms with Crippen LogP contribution in [0.15, 0.2) is 24.3 Å². The smallest absolute Gasteiger partial charge is 0.243 e. The molecule has 2 N–H and O–H groups in total. The van der Waals surface area contributed by atoms with Crippen molar-refractivity contribution in [3.8, 4) is 0 Å². The first kappa shape index (κ1) is 12.7. The van der Waals surface area contributed by atoms with Crippen molar-refractivity contribution < 1.29 is 4.79 Å². The Labute approximate surface area is 97.2 Å². The second-order valence-electron chi connectivity index (χ2n) is 4.49. The van der Waals surface area contributed by atoms with Gasteiger partial charge < -0.3 is 0 Å². The summed E-state index contributed by atoms with van der Waals surface area (Å²) in [7, 11) is 1.57. The first-order chi connectivity index (χ1) is 7.43. The van der Waals surface area contributed by atoms with Crippen LogP contribution in [0.25, 0.3) is 0 Å². The van der Waals surface area contributed by atoms with E-state index in [4.69, 9.17) is 5.84 Å². The molecule has 88 valence electrons. The molecule has 1 aromatic rings. The number of carbonyl (C=O) groups excluding carboxylic acids is 1. The highest BCUT2D eigenvalue weighted by atomic mass is 16.2. The van der Waals surface area contributed by atoms with Crippen LogP contribution in [0.1, 0.15) is 43.7 Å². The molecular weight excluding hydrogens is 200 g/mol. The molecule has 1 rings (SSSR count). The van der Waals surface area contributed by atoms with Gasteiger partial charge in [-0.2, -0.15) is 0 Å². The van der Waals surface area contributed by atoms with Crippen molar-refractivity contribution in [3.05, 3.63) is 35.4 Å². The standard InChI is InChI=1S/C13H20N2O/c1-9(2)11-5-7-12(8-6-11)10(3)13(16)15(4)14/h5-10H,14H2,1-4H3. The maximum Gasteiger partial charge on any atom is 0.243 e. The Morgan fingerprint density at radius 1 is 1.12 bits per heavy atom. The Morgan fingerprint density at radius 3 is 1.94 bits per heavy atom. The van der Waals surface area contributed by atoms with Crippen LogP contribution in [-0.2, 0) is 4.79 Å².